The molecule has 0 aliphatic rings. The average Bonchev–Trinajstić information content (AvgIpc) is 3.27. The van der Waals surface area contributed by atoms with Crippen LogP contribution in [0.15, 0.2) is 83.2 Å². The summed E-state index contributed by atoms with van der Waals surface area (Å²) >= 11 is 2.52. The van der Waals surface area contributed by atoms with Gasteiger partial charge in [-0.2, -0.15) is 0 Å². The number of carbonyl (C=O) groups is 1. The Morgan fingerprint density at radius 3 is 2.50 bits per heavy atom. The number of anilines is 3. The lowest BCUT2D eigenvalue weighted by Gasteiger charge is -2.08. The molecule has 9 heteroatoms. The molecule has 1 amide bonds. The highest BCUT2D eigenvalue weighted by Crippen LogP contribution is 2.28. The van der Waals surface area contributed by atoms with E-state index >= 15 is 0 Å². The first-order valence-corrected chi connectivity index (χ1v) is 11.5. The number of thioether (sulfide) groups is 1. The number of nitrogens with one attached hydrogen (secondary N) is 2. The van der Waals surface area contributed by atoms with Crippen LogP contribution in [0, 0.1) is 5.82 Å². The summed E-state index contributed by atoms with van der Waals surface area (Å²) in [5.74, 6) is 0.380. The number of nitrogens with zero attached hydrogens (tertiary/aromatic N) is 2. The van der Waals surface area contributed by atoms with Gasteiger partial charge in [0, 0.05) is 5.69 Å². The predicted octanol–water partition coefficient (Wildman–Crippen LogP) is 5.73. The van der Waals surface area contributed by atoms with Gasteiger partial charge >= 0.3 is 0 Å². The average molecular weight is 467 g/mol. The zero-order valence-electron chi connectivity index (χ0n) is 16.8. The Morgan fingerprint density at radius 2 is 1.72 bits per heavy atom. The molecule has 0 saturated carbocycles. The van der Waals surface area contributed by atoms with Gasteiger partial charge in [0.15, 0.2) is 4.34 Å². The molecule has 162 valence electrons. The minimum atomic E-state index is -0.368. The zero-order valence-corrected chi connectivity index (χ0v) is 18.5. The largest absolute Gasteiger partial charge is 0.489 e. The van der Waals surface area contributed by atoms with Crippen LogP contribution in [0.25, 0.3) is 0 Å². The number of rotatable bonds is 9. The van der Waals surface area contributed by atoms with E-state index in [4.69, 9.17) is 4.74 Å². The molecule has 4 aromatic rings. The Kier molecular flexibility index (Phi) is 7.31. The van der Waals surface area contributed by atoms with Crippen molar-refractivity contribution in [2.75, 3.05) is 16.4 Å². The molecule has 2 N–H and O–H groups in total. The van der Waals surface area contributed by atoms with Crippen molar-refractivity contribution in [2.24, 2.45) is 0 Å². The molecule has 0 fully saturated rings. The molecule has 1 heterocycles. The normalized spacial score (nSPS) is 10.5. The topological polar surface area (TPSA) is 76.1 Å². The summed E-state index contributed by atoms with van der Waals surface area (Å²) in [5, 5.41) is 14.2. The van der Waals surface area contributed by atoms with Crippen LogP contribution in [0.3, 0.4) is 0 Å². The minimum Gasteiger partial charge on any atom is -0.489 e. The van der Waals surface area contributed by atoms with Crippen LogP contribution < -0.4 is 15.4 Å². The second-order valence-corrected chi connectivity index (χ2v) is 8.81. The highest BCUT2D eigenvalue weighted by atomic mass is 32.2. The smallest absolute Gasteiger partial charge is 0.234 e. The van der Waals surface area contributed by atoms with Crippen molar-refractivity contribution in [2.45, 2.75) is 10.9 Å². The third-order valence-corrected chi connectivity index (χ3v) is 6.21. The van der Waals surface area contributed by atoms with Gasteiger partial charge in [-0.3, -0.25) is 4.79 Å². The third kappa shape index (κ3) is 6.29. The molecule has 0 atom stereocenters. The molecule has 0 saturated heterocycles. The van der Waals surface area contributed by atoms with E-state index in [1.807, 2.05) is 42.5 Å². The van der Waals surface area contributed by atoms with E-state index < -0.39 is 0 Å². The van der Waals surface area contributed by atoms with Gasteiger partial charge in [-0.25, -0.2) is 4.39 Å². The molecule has 0 spiro atoms. The number of aromatic nitrogens is 2. The van der Waals surface area contributed by atoms with Gasteiger partial charge in [0.1, 0.15) is 18.2 Å². The third-order valence-electron chi connectivity index (χ3n) is 4.24. The van der Waals surface area contributed by atoms with Gasteiger partial charge in [-0.05, 0) is 42.0 Å². The van der Waals surface area contributed by atoms with Gasteiger partial charge in [-0.1, -0.05) is 65.6 Å². The van der Waals surface area contributed by atoms with Gasteiger partial charge in [-0.15, -0.1) is 10.2 Å². The molecule has 1 aromatic heterocycles. The van der Waals surface area contributed by atoms with Gasteiger partial charge in [0.25, 0.3) is 0 Å². The molecule has 0 radical (unpaired) electrons. The van der Waals surface area contributed by atoms with Crippen molar-refractivity contribution in [3.8, 4) is 5.75 Å². The maximum absolute atomic E-state index is 13.7. The van der Waals surface area contributed by atoms with Crippen LogP contribution >= 0.6 is 23.1 Å². The Morgan fingerprint density at radius 1 is 0.969 bits per heavy atom. The highest BCUT2D eigenvalue weighted by Gasteiger charge is 2.10. The fourth-order valence-electron chi connectivity index (χ4n) is 2.70. The van der Waals surface area contributed by atoms with Gasteiger partial charge in [0.2, 0.25) is 11.0 Å². The molecule has 0 bridgehead atoms. The maximum Gasteiger partial charge on any atom is 0.234 e. The number of hydrogen-bond acceptors (Lipinski definition) is 7. The first kappa shape index (κ1) is 21.8. The number of halogens is 1. The second-order valence-electron chi connectivity index (χ2n) is 6.61. The van der Waals surface area contributed by atoms with Crippen LogP contribution in [0.2, 0.25) is 0 Å². The number of ether oxygens (including phenoxy) is 1. The summed E-state index contributed by atoms with van der Waals surface area (Å²) < 4.78 is 20.1. The maximum atomic E-state index is 13.7. The fraction of sp³-hybridized carbons (Fsp3) is 0.0870. The van der Waals surface area contributed by atoms with E-state index in [0.717, 1.165) is 11.3 Å². The van der Waals surface area contributed by atoms with Crippen molar-refractivity contribution >= 4 is 45.5 Å². The molecular formula is C23H19FN4O2S2. The molecule has 0 unspecified atom stereocenters. The van der Waals surface area contributed by atoms with Crippen LogP contribution in [-0.4, -0.2) is 21.9 Å². The Bertz CT molecular complexity index is 1170. The van der Waals surface area contributed by atoms with Crippen molar-refractivity contribution in [3.05, 3.63) is 90.2 Å². The first-order chi connectivity index (χ1) is 15.7. The predicted molar refractivity (Wildman–Crippen MR) is 126 cm³/mol. The first-order valence-electron chi connectivity index (χ1n) is 9.70. The number of hydrogen-bond donors (Lipinski definition) is 2. The zero-order chi connectivity index (χ0) is 22.2. The Labute approximate surface area is 192 Å². The molecule has 0 aliphatic heterocycles. The van der Waals surface area contributed by atoms with E-state index in [2.05, 4.69) is 20.8 Å². The molecule has 3 aromatic carbocycles. The Hall–Kier alpha value is -3.43. The van der Waals surface area contributed by atoms with Crippen molar-refractivity contribution in [1.29, 1.82) is 0 Å². The van der Waals surface area contributed by atoms with Crippen molar-refractivity contribution in [1.82, 2.24) is 10.2 Å². The molecule has 32 heavy (non-hydrogen) atoms. The second kappa shape index (κ2) is 10.7. The van der Waals surface area contributed by atoms with E-state index in [1.165, 1.54) is 29.2 Å². The lowest BCUT2D eigenvalue weighted by atomic mass is 10.2. The summed E-state index contributed by atoms with van der Waals surface area (Å²) in [7, 11) is 0. The summed E-state index contributed by atoms with van der Waals surface area (Å²) in [6, 6.07) is 23.5. The van der Waals surface area contributed by atoms with E-state index in [0.29, 0.717) is 27.5 Å². The van der Waals surface area contributed by atoms with E-state index in [1.54, 1.807) is 30.3 Å². The van der Waals surface area contributed by atoms with E-state index in [-0.39, 0.29) is 17.5 Å². The SMILES string of the molecule is O=C(CSc1nnc(Nc2ccccc2F)s1)Nc1ccc(OCc2ccccc2)cc1. The van der Waals surface area contributed by atoms with Crippen LogP contribution in [0.4, 0.5) is 20.9 Å². The minimum absolute atomic E-state index is 0.160. The monoisotopic (exact) mass is 466 g/mol. The Balaban J connectivity index is 1.23. The summed E-state index contributed by atoms with van der Waals surface area (Å²) in [4.78, 5) is 12.3. The fourth-order valence-corrected chi connectivity index (χ4v) is 4.26. The summed E-state index contributed by atoms with van der Waals surface area (Å²) in [6.45, 7) is 0.485. The molecular weight excluding hydrogens is 447 g/mol. The standard InChI is InChI=1S/C23H19FN4O2S2/c24-19-8-4-5-9-20(19)26-22-27-28-23(32-22)31-15-21(29)25-17-10-12-18(13-11-17)30-14-16-6-2-1-3-7-16/h1-13H,14-15H2,(H,25,29)(H,26,27). The summed E-state index contributed by atoms with van der Waals surface area (Å²) in [5.41, 5.74) is 2.10. The van der Waals surface area contributed by atoms with Crippen molar-refractivity contribution in [3.63, 3.8) is 0 Å². The number of carbonyl (C=O) groups excluding carboxylic acids is 1. The molecule has 0 aliphatic carbocycles. The van der Waals surface area contributed by atoms with E-state index in [9.17, 15) is 9.18 Å². The molecule has 6 nitrogen and oxygen atoms in total. The number of benzene rings is 3. The van der Waals surface area contributed by atoms with Gasteiger partial charge in [0.05, 0.1) is 11.4 Å². The van der Waals surface area contributed by atoms with Crippen LogP contribution in [0.1, 0.15) is 5.56 Å². The lowest BCUT2D eigenvalue weighted by Crippen LogP contribution is -2.13. The molecule has 4 rings (SSSR count). The number of para-hydroxylation sites is 1. The lowest BCUT2D eigenvalue weighted by molar-refractivity contribution is -0.113. The van der Waals surface area contributed by atoms with Crippen LogP contribution in [0.5, 0.6) is 5.75 Å². The highest BCUT2D eigenvalue weighted by molar-refractivity contribution is 8.01. The van der Waals surface area contributed by atoms with Gasteiger partial charge < -0.3 is 15.4 Å². The quantitative estimate of drug-likeness (QED) is 0.307. The van der Waals surface area contributed by atoms with Crippen LogP contribution in [-0.2, 0) is 11.4 Å². The van der Waals surface area contributed by atoms with Crippen molar-refractivity contribution < 1.29 is 13.9 Å². The number of amides is 1. The summed E-state index contributed by atoms with van der Waals surface area (Å²) in [6.07, 6.45) is 0.